The van der Waals surface area contributed by atoms with E-state index >= 15 is 0 Å². The van der Waals surface area contributed by atoms with Crippen LogP contribution in [0.15, 0.2) is 12.1 Å². The van der Waals surface area contributed by atoms with Gasteiger partial charge in [-0.3, -0.25) is 4.79 Å². The molecule has 1 heterocycles. The molecule has 1 amide bonds. The van der Waals surface area contributed by atoms with Gasteiger partial charge >= 0.3 is 0 Å². The maximum absolute atomic E-state index is 13.6. The molecule has 0 spiro atoms. The summed E-state index contributed by atoms with van der Waals surface area (Å²) in [4.78, 5) is 11.2. The molecule has 1 aromatic carbocycles. The van der Waals surface area contributed by atoms with Crippen molar-refractivity contribution in [1.82, 2.24) is 5.32 Å². The summed E-state index contributed by atoms with van der Waals surface area (Å²) in [6, 6.07) is 2.27. The molecule has 5 heteroatoms. The monoisotopic (exact) mass is 252 g/mol. The maximum atomic E-state index is 13.6. The predicted molar refractivity (Wildman–Crippen MR) is 65.7 cm³/mol. The molecular weight excluding hydrogens is 235 g/mol. The van der Waals surface area contributed by atoms with E-state index in [-0.39, 0.29) is 23.8 Å². The van der Waals surface area contributed by atoms with Crippen LogP contribution < -0.4 is 15.8 Å². The van der Waals surface area contributed by atoms with Crippen LogP contribution in [-0.2, 0) is 4.79 Å². The second kappa shape index (κ2) is 4.94. The standard InChI is InChI=1S/C13H17FN2O2/c1-7(15)10-5-9(14)6-11-12(16-8(2)17)3-4-18-13(10)11/h5-7,12H,3-4,15H2,1-2H3,(H,16,17). The third-order valence-electron chi connectivity index (χ3n) is 3.01. The molecule has 1 aliphatic rings. The van der Waals surface area contributed by atoms with E-state index < -0.39 is 0 Å². The molecule has 0 saturated heterocycles. The van der Waals surface area contributed by atoms with Crippen molar-refractivity contribution in [3.05, 3.63) is 29.1 Å². The van der Waals surface area contributed by atoms with E-state index in [2.05, 4.69) is 5.32 Å². The Hall–Kier alpha value is -1.62. The Bertz CT molecular complexity index is 474. The lowest BCUT2D eigenvalue weighted by molar-refractivity contribution is -0.119. The van der Waals surface area contributed by atoms with Crippen molar-refractivity contribution in [2.24, 2.45) is 5.73 Å². The first kappa shape index (κ1) is 12.8. The van der Waals surface area contributed by atoms with Crippen molar-refractivity contribution >= 4 is 5.91 Å². The van der Waals surface area contributed by atoms with Crippen LogP contribution in [0.3, 0.4) is 0 Å². The van der Waals surface area contributed by atoms with E-state index in [4.69, 9.17) is 10.5 Å². The Labute approximate surface area is 105 Å². The van der Waals surface area contributed by atoms with Gasteiger partial charge in [0.2, 0.25) is 5.91 Å². The lowest BCUT2D eigenvalue weighted by Crippen LogP contribution is -2.31. The minimum atomic E-state index is -0.359. The van der Waals surface area contributed by atoms with Crippen LogP contribution in [0.2, 0.25) is 0 Å². The minimum Gasteiger partial charge on any atom is -0.493 e. The van der Waals surface area contributed by atoms with Gasteiger partial charge in [-0.1, -0.05) is 0 Å². The number of rotatable bonds is 2. The highest BCUT2D eigenvalue weighted by atomic mass is 19.1. The van der Waals surface area contributed by atoms with E-state index in [0.29, 0.717) is 29.9 Å². The van der Waals surface area contributed by atoms with Crippen LogP contribution >= 0.6 is 0 Å². The van der Waals surface area contributed by atoms with Crippen LogP contribution in [0.4, 0.5) is 4.39 Å². The Kier molecular flexibility index (Phi) is 3.52. The summed E-state index contributed by atoms with van der Waals surface area (Å²) >= 11 is 0. The molecule has 0 aromatic heterocycles. The molecule has 3 N–H and O–H groups in total. The topological polar surface area (TPSA) is 64.3 Å². The van der Waals surface area contributed by atoms with Crippen LogP contribution in [0.5, 0.6) is 5.75 Å². The van der Waals surface area contributed by atoms with Crippen molar-refractivity contribution in [3.8, 4) is 5.75 Å². The van der Waals surface area contributed by atoms with E-state index in [1.807, 2.05) is 0 Å². The van der Waals surface area contributed by atoms with Gasteiger partial charge < -0.3 is 15.8 Å². The Morgan fingerprint density at radius 2 is 2.33 bits per heavy atom. The fourth-order valence-electron chi connectivity index (χ4n) is 2.23. The molecule has 0 radical (unpaired) electrons. The molecule has 0 saturated carbocycles. The number of halogens is 1. The second-order valence-corrected chi connectivity index (χ2v) is 4.59. The number of carbonyl (C=O) groups excluding carboxylic acids is 1. The summed E-state index contributed by atoms with van der Waals surface area (Å²) in [5, 5.41) is 2.80. The molecule has 2 rings (SSSR count). The number of nitrogens with one attached hydrogen (secondary N) is 1. The van der Waals surface area contributed by atoms with Gasteiger partial charge in [-0.2, -0.15) is 0 Å². The molecule has 2 unspecified atom stereocenters. The summed E-state index contributed by atoms with van der Waals surface area (Å²) in [5.74, 6) is 0.109. The van der Waals surface area contributed by atoms with Crippen molar-refractivity contribution in [1.29, 1.82) is 0 Å². The maximum Gasteiger partial charge on any atom is 0.217 e. The fraction of sp³-hybridized carbons (Fsp3) is 0.462. The number of hydrogen-bond donors (Lipinski definition) is 2. The number of amides is 1. The normalized spacial score (nSPS) is 19.7. The summed E-state index contributed by atoms with van der Waals surface area (Å²) in [7, 11) is 0. The number of carbonyl (C=O) groups is 1. The Morgan fingerprint density at radius 3 is 2.94 bits per heavy atom. The highest BCUT2D eigenvalue weighted by molar-refractivity contribution is 5.73. The lowest BCUT2D eigenvalue weighted by atomic mass is 9.95. The number of ether oxygens (including phenoxy) is 1. The van der Waals surface area contributed by atoms with Crippen LogP contribution in [-0.4, -0.2) is 12.5 Å². The van der Waals surface area contributed by atoms with Gasteiger partial charge in [0.05, 0.1) is 12.6 Å². The summed E-state index contributed by atoms with van der Waals surface area (Å²) in [5.41, 5.74) is 7.13. The van der Waals surface area contributed by atoms with Gasteiger partial charge in [0.1, 0.15) is 11.6 Å². The van der Waals surface area contributed by atoms with E-state index in [9.17, 15) is 9.18 Å². The van der Waals surface area contributed by atoms with Crippen LogP contribution in [0, 0.1) is 5.82 Å². The zero-order chi connectivity index (χ0) is 13.3. The summed E-state index contributed by atoms with van der Waals surface area (Å²) < 4.78 is 19.2. The zero-order valence-corrected chi connectivity index (χ0v) is 10.5. The van der Waals surface area contributed by atoms with Gasteiger partial charge in [-0.05, 0) is 19.1 Å². The molecule has 18 heavy (non-hydrogen) atoms. The van der Waals surface area contributed by atoms with Gasteiger partial charge in [0.25, 0.3) is 0 Å². The number of nitrogens with two attached hydrogens (primary N) is 1. The zero-order valence-electron chi connectivity index (χ0n) is 10.5. The molecule has 1 aliphatic heterocycles. The lowest BCUT2D eigenvalue weighted by Gasteiger charge is -2.29. The third-order valence-corrected chi connectivity index (χ3v) is 3.01. The predicted octanol–water partition coefficient (Wildman–Crippen LogP) is 1.81. The smallest absolute Gasteiger partial charge is 0.217 e. The van der Waals surface area contributed by atoms with Crippen molar-refractivity contribution in [3.63, 3.8) is 0 Å². The van der Waals surface area contributed by atoms with E-state index in [1.165, 1.54) is 19.1 Å². The van der Waals surface area contributed by atoms with Crippen LogP contribution in [0.1, 0.15) is 43.5 Å². The minimum absolute atomic E-state index is 0.139. The second-order valence-electron chi connectivity index (χ2n) is 4.59. The average Bonchev–Trinajstić information content (AvgIpc) is 2.28. The number of benzene rings is 1. The van der Waals surface area contributed by atoms with E-state index in [0.717, 1.165) is 0 Å². The number of fused-ring (bicyclic) bond motifs is 1. The highest BCUT2D eigenvalue weighted by Gasteiger charge is 2.26. The number of hydrogen-bond acceptors (Lipinski definition) is 3. The van der Waals surface area contributed by atoms with Crippen LogP contribution in [0.25, 0.3) is 0 Å². The van der Waals surface area contributed by atoms with Gasteiger partial charge in [-0.15, -0.1) is 0 Å². The molecule has 0 aliphatic carbocycles. The summed E-state index contributed by atoms with van der Waals surface area (Å²) in [6.07, 6.45) is 0.633. The fourth-order valence-corrected chi connectivity index (χ4v) is 2.23. The highest BCUT2D eigenvalue weighted by Crippen LogP contribution is 2.37. The first-order valence-electron chi connectivity index (χ1n) is 5.98. The Balaban J connectivity index is 2.46. The summed E-state index contributed by atoms with van der Waals surface area (Å²) in [6.45, 7) is 3.71. The van der Waals surface area contributed by atoms with Crippen molar-refractivity contribution in [2.75, 3.05) is 6.61 Å². The Morgan fingerprint density at radius 1 is 1.61 bits per heavy atom. The molecule has 2 atom stereocenters. The molecule has 4 nitrogen and oxygen atoms in total. The van der Waals surface area contributed by atoms with E-state index in [1.54, 1.807) is 6.92 Å². The molecule has 1 aromatic rings. The largest absolute Gasteiger partial charge is 0.493 e. The van der Waals surface area contributed by atoms with Crippen molar-refractivity contribution in [2.45, 2.75) is 32.4 Å². The van der Waals surface area contributed by atoms with Crippen molar-refractivity contribution < 1.29 is 13.9 Å². The van der Waals surface area contributed by atoms with Gasteiger partial charge in [0, 0.05) is 30.5 Å². The molecular formula is C13H17FN2O2. The first-order chi connectivity index (χ1) is 8.49. The SMILES string of the molecule is CC(=O)NC1CCOc2c(C(C)N)cc(F)cc21. The van der Waals surface area contributed by atoms with Gasteiger partial charge in [0.15, 0.2) is 0 Å². The quantitative estimate of drug-likeness (QED) is 0.843. The van der Waals surface area contributed by atoms with Gasteiger partial charge in [-0.25, -0.2) is 4.39 Å². The third kappa shape index (κ3) is 2.46. The molecule has 98 valence electrons. The molecule has 0 bridgehead atoms. The molecule has 0 fully saturated rings. The average molecular weight is 252 g/mol. The first-order valence-corrected chi connectivity index (χ1v) is 5.98.